The Hall–Kier alpha value is -3.03. The van der Waals surface area contributed by atoms with E-state index in [1.807, 2.05) is 0 Å². The molecule has 0 spiro atoms. The zero-order chi connectivity index (χ0) is 19.7. The maximum atomic E-state index is 14.1. The second-order valence-corrected chi connectivity index (χ2v) is 7.38. The van der Waals surface area contributed by atoms with E-state index in [4.69, 9.17) is 11.6 Å². The first-order valence-corrected chi connectivity index (χ1v) is 9.56. The molecule has 2 aromatic carbocycles. The van der Waals surface area contributed by atoms with Gasteiger partial charge in [0.2, 0.25) is 5.43 Å². The van der Waals surface area contributed by atoms with Crippen LogP contribution in [0.3, 0.4) is 0 Å². The highest BCUT2D eigenvalue weighted by atomic mass is 35.5. The molecule has 0 bridgehead atoms. The van der Waals surface area contributed by atoms with Gasteiger partial charge < -0.3 is 10.3 Å². The zero-order valence-corrected chi connectivity index (χ0v) is 15.9. The third-order valence-electron chi connectivity index (χ3n) is 4.23. The van der Waals surface area contributed by atoms with Crippen LogP contribution < -0.4 is 10.7 Å². The van der Waals surface area contributed by atoms with Crippen LogP contribution in [0.1, 0.15) is 15.9 Å². The number of benzene rings is 2. The lowest BCUT2D eigenvalue weighted by Gasteiger charge is -2.08. The number of hydrogen-bond acceptors (Lipinski definition) is 4. The van der Waals surface area contributed by atoms with E-state index in [1.54, 1.807) is 35.8 Å². The van der Waals surface area contributed by atoms with Crippen molar-refractivity contribution in [3.8, 4) is 10.6 Å². The number of carbonyl (C=O) groups excluding carboxylic acids is 1. The molecule has 140 valence electrons. The summed E-state index contributed by atoms with van der Waals surface area (Å²) >= 11 is 7.18. The Kier molecular flexibility index (Phi) is 4.93. The molecule has 0 aliphatic rings. The molecule has 1 amide bonds. The summed E-state index contributed by atoms with van der Waals surface area (Å²) in [5, 5.41) is 5.74. The Morgan fingerprint density at radius 1 is 1.25 bits per heavy atom. The number of halogens is 2. The molecule has 4 rings (SSSR count). The minimum atomic E-state index is -0.568. The number of rotatable bonds is 4. The fraction of sp³-hybridized carbons (Fsp3) is 0.0500. The average molecular weight is 414 g/mol. The fourth-order valence-electron chi connectivity index (χ4n) is 2.87. The highest BCUT2D eigenvalue weighted by Crippen LogP contribution is 2.28. The predicted molar refractivity (Wildman–Crippen MR) is 108 cm³/mol. The van der Waals surface area contributed by atoms with Crippen molar-refractivity contribution in [3.63, 3.8) is 0 Å². The number of fused-ring (bicyclic) bond motifs is 1. The van der Waals surface area contributed by atoms with Gasteiger partial charge in [-0.25, -0.2) is 9.37 Å². The second kappa shape index (κ2) is 7.53. The standard InChI is InChI=1S/C20H13ClFN3O2S/c21-12-3-1-11(2-4-12)9-25-19(27)16-10-24-17-14(18(16)26)7-13(22)8-15(17)20-23-5-6-28-20/h1-8,10H,9H2,(H,24,26)(H,25,27). The van der Waals surface area contributed by atoms with Gasteiger partial charge in [-0.05, 0) is 29.8 Å². The number of pyridine rings is 1. The molecule has 2 aromatic heterocycles. The number of H-pyrrole nitrogens is 1. The molecule has 5 nitrogen and oxygen atoms in total. The summed E-state index contributed by atoms with van der Waals surface area (Å²) in [6, 6.07) is 9.44. The Bertz CT molecular complexity index is 1220. The van der Waals surface area contributed by atoms with E-state index >= 15 is 0 Å². The van der Waals surface area contributed by atoms with Crippen molar-refractivity contribution >= 4 is 39.7 Å². The third-order valence-corrected chi connectivity index (χ3v) is 5.29. The molecular weight excluding hydrogens is 401 g/mol. The molecule has 2 N–H and O–H groups in total. The summed E-state index contributed by atoms with van der Waals surface area (Å²) in [6.45, 7) is 0.237. The number of hydrogen-bond donors (Lipinski definition) is 2. The van der Waals surface area contributed by atoms with E-state index in [0.717, 1.165) is 11.6 Å². The quantitative estimate of drug-likeness (QED) is 0.521. The van der Waals surface area contributed by atoms with Gasteiger partial charge in [0.05, 0.1) is 5.52 Å². The summed E-state index contributed by atoms with van der Waals surface area (Å²) in [5.41, 5.74) is 1.13. The molecule has 0 atom stereocenters. The van der Waals surface area contributed by atoms with Crippen molar-refractivity contribution in [2.24, 2.45) is 0 Å². The van der Waals surface area contributed by atoms with Crippen LogP contribution >= 0.6 is 22.9 Å². The van der Waals surface area contributed by atoms with E-state index < -0.39 is 17.2 Å². The number of thiazole rings is 1. The number of aromatic nitrogens is 2. The topological polar surface area (TPSA) is 74.8 Å². The molecule has 4 aromatic rings. The minimum absolute atomic E-state index is 0.0860. The Balaban J connectivity index is 1.68. The molecule has 8 heteroatoms. The fourth-order valence-corrected chi connectivity index (χ4v) is 3.66. The van der Waals surface area contributed by atoms with E-state index in [2.05, 4.69) is 15.3 Å². The zero-order valence-electron chi connectivity index (χ0n) is 14.3. The first-order chi connectivity index (χ1) is 13.5. The number of amides is 1. The van der Waals surface area contributed by atoms with Crippen molar-refractivity contribution in [1.82, 2.24) is 15.3 Å². The van der Waals surface area contributed by atoms with Crippen LogP contribution in [0.15, 0.2) is 59.0 Å². The van der Waals surface area contributed by atoms with Crippen LogP contribution in [-0.4, -0.2) is 15.9 Å². The molecule has 0 saturated carbocycles. The third kappa shape index (κ3) is 3.54. The van der Waals surface area contributed by atoms with Gasteiger partial charge in [0.25, 0.3) is 5.91 Å². The smallest absolute Gasteiger partial charge is 0.257 e. The van der Waals surface area contributed by atoms with Gasteiger partial charge in [-0.1, -0.05) is 23.7 Å². The maximum absolute atomic E-state index is 14.1. The van der Waals surface area contributed by atoms with E-state index in [9.17, 15) is 14.0 Å². The van der Waals surface area contributed by atoms with Crippen LogP contribution in [0.25, 0.3) is 21.5 Å². The van der Waals surface area contributed by atoms with Gasteiger partial charge in [-0.3, -0.25) is 9.59 Å². The summed E-state index contributed by atoms with van der Waals surface area (Å²) in [5.74, 6) is -1.11. The highest BCUT2D eigenvalue weighted by molar-refractivity contribution is 7.13. The molecule has 0 saturated heterocycles. The second-order valence-electron chi connectivity index (χ2n) is 6.05. The van der Waals surface area contributed by atoms with Crippen molar-refractivity contribution in [2.75, 3.05) is 0 Å². The first kappa shape index (κ1) is 18.3. The van der Waals surface area contributed by atoms with Crippen LogP contribution in [0.2, 0.25) is 5.02 Å². The predicted octanol–water partition coefficient (Wildman–Crippen LogP) is 4.37. The number of nitrogens with zero attached hydrogens (tertiary/aromatic N) is 1. The van der Waals surface area contributed by atoms with Crippen LogP contribution in [-0.2, 0) is 6.54 Å². The van der Waals surface area contributed by atoms with Crippen molar-refractivity contribution in [2.45, 2.75) is 6.54 Å². The molecule has 0 aliphatic carbocycles. The number of aromatic amines is 1. The van der Waals surface area contributed by atoms with E-state index in [-0.39, 0.29) is 17.5 Å². The Morgan fingerprint density at radius 2 is 2.04 bits per heavy atom. The summed E-state index contributed by atoms with van der Waals surface area (Å²) in [7, 11) is 0. The van der Waals surface area contributed by atoms with E-state index in [0.29, 0.717) is 21.1 Å². The lowest BCUT2D eigenvalue weighted by Crippen LogP contribution is -2.28. The molecular formula is C20H13ClFN3O2S. The van der Waals surface area contributed by atoms with Crippen molar-refractivity contribution in [1.29, 1.82) is 0 Å². The Labute approximate surface area is 167 Å². The van der Waals surface area contributed by atoms with Gasteiger partial charge in [0, 0.05) is 40.3 Å². The SMILES string of the molecule is O=C(NCc1ccc(Cl)cc1)c1c[nH]c2c(-c3nccs3)cc(F)cc2c1=O. The molecule has 0 radical (unpaired) electrons. The Morgan fingerprint density at radius 3 is 2.75 bits per heavy atom. The highest BCUT2D eigenvalue weighted by Gasteiger charge is 2.17. The van der Waals surface area contributed by atoms with Gasteiger partial charge in [0.15, 0.2) is 0 Å². The molecule has 2 heterocycles. The van der Waals surface area contributed by atoms with Gasteiger partial charge >= 0.3 is 0 Å². The molecule has 28 heavy (non-hydrogen) atoms. The van der Waals surface area contributed by atoms with Gasteiger partial charge in [-0.2, -0.15) is 0 Å². The molecule has 0 unspecified atom stereocenters. The lowest BCUT2D eigenvalue weighted by molar-refractivity contribution is 0.0949. The molecule has 0 fully saturated rings. The van der Waals surface area contributed by atoms with Gasteiger partial charge in [0.1, 0.15) is 16.4 Å². The van der Waals surface area contributed by atoms with Crippen molar-refractivity contribution < 1.29 is 9.18 Å². The summed E-state index contributed by atoms with van der Waals surface area (Å²) in [4.78, 5) is 32.4. The normalized spacial score (nSPS) is 10.9. The molecule has 0 aliphatic heterocycles. The van der Waals surface area contributed by atoms with Crippen LogP contribution in [0.5, 0.6) is 0 Å². The van der Waals surface area contributed by atoms with Gasteiger partial charge in [-0.15, -0.1) is 11.3 Å². The van der Waals surface area contributed by atoms with Crippen LogP contribution in [0.4, 0.5) is 4.39 Å². The lowest BCUT2D eigenvalue weighted by atomic mass is 10.1. The largest absolute Gasteiger partial charge is 0.360 e. The van der Waals surface area contributed by atoms with Crippen molar-refractivity contribution in [3.05, 3.63) is 86.4 Å². The first-order valence-electron chi connectivity index (χ1n) is 8.30. The van der Waals surface area contributed by atoms with E-state index in [1.165, 1.54) is 23.6 Å². The number of nitrogens with one attached hydrogen (secondary N) is 2. The summed E-state index contributed by atoms with van der Waals surface area (Å²) < 4.78 is 14.1. The monoisotopic (exact) mass is 413 g/mol. The average Bonchev–Trinajstić information content (AvgIpc) is 3.22. The minimum Gasteiger partial charge on any atom is -0.360 e. The van der Waals surface area contributed by atoms with Crippen LogP contribution in [0, 0.1) is 5.82 Å². The number of carbonyl (C=O) groups is 1. The maximum Gasteiger partial charge on any atom is 0.257 e. The summed E-state index contributed by atoms with van der Waals surface area (Å²) in [6.07, 6.45) is 2.95.